The molecule has 0 aliphatic heterocycles. The van der Waals surface area contributed by atoms with Crippen LogP contribution in [0.3, 0.4) is 0 Å². The van der Waals surface area contributed by atoms with E-state index in [4.69, 9.17) is 0 Å². The van der Waals surface area contributed by atoms with Crippen LogP contribution in [0.15, 0.2) is 29.9 Å². The van der Waals surface area contributed by atoms with Crippen molar-refractivity contribution < 1.29 is 0 Å². The van der Waals surface area contributed by atoms with Crippen LogP contribution in [-0.4, -0.2) is 9.97 Å². The summed E-state index contributed by atoms with van der Waals surface area (Å²) in [7, 11) is 0. The summed E-state index contributed by atoms with van der Waals surface area (Å²) in [5.41, 5.74) is 0. The van der Waals surface area contributed by atoms with E-state index in [-0.39, 0.29) is 6.04 Å². The van der Waals surface area contributed by atoms with Gasteiger partial charge in [-0.1, -0.05) is 6.07 Å². The highest BCUT2D eigenvalue weighted by molar-refractivity contribution is 7.10. The Balaban J connectivity index is 1.98. The standard InChI is InChI=1S/C11H15N3S/c1-8(10-4-3-7-15-10)14-9(2)11-12-5-6-13-11/h3-9,14H,1-2H3,(H,12,13). The van der Waals surface area contributed by atoms with Gasteiger partial charge in [-0.15, -0.1) is 11.3 Å². The molecule has 2 unspecified atom stereocenters. The third kappa shape index (κ3) is 2.46. The lowest BCUT2D eigenvalue weighted by molar-refractivity contribution is 0.484. The van der Waals surface area contributed by atoms with Crippen molar-refractivity contribution in [3.63, 3.8) is 0 Å². The van der Waals surface area contributed by atoms with Crippen LogP contribution in [0.4, 0.5) is 0 Å². The van der Waals surface area contributed by atoms with Crippen LogP contribution >= 0.6 is 11.3 Å². The maximum absolute atomic E-state index is 4.24. The highest BCUT2D eigenvalue weighted by Crippen LogP contribution is 2.21. The Hall–Kier alpha value is -1.13. The summed E-state index contributed by atoms with van der Waals surface area (Å²) in [6.07, 6.45) is 3.63. The summed E-state index contributed by atoms with van der Waals surface area (Å²) in [5.74, 6) is 0.985. The molecule has 80 valence electrons. The number of hydrogen-bond acceptors (Lipinski definition) is 3. The Kier molecular flexibility index (Phi) is 3.18. The Morgan fingerprint density at radius 2 is 2.27 bits per heavy atom. The monoisotopic (exact) mass is 221 g/mol. The van der Waals surface area contributed by atoms with E-state index >= 15 is 0 Å². The largest absolute Gasteiger partial charge is 0.347 e. The van der Waals surface area contributed by atoms with Gasteiger partial charge in [-0.05, 0) is 25.3 Å². The normalized spacial score (nSPS) is 15.1. The van der Waals surface area contributed by atoms with E-state index in [1.165, 1.54) is 4.88 Å². The summed E-state index contributed by atoms with van der Waals surface area (Å²) in [4.78, 5) is 8.71. The summed E-state index contributed by atoms with van der Waals surface area (Å²) in [6, 6.07) is 4.84. The van der Waals surface area contributed by atoms with Crippen molar-refractivity contribution in [2.24, 2.45) is 0 Å². The molecule has 2 atom stereocenters. The lowest BCUT2D eigenvalue weighted by Gasteiger charge is -2.17. The summed E-state index contributed by atoms with van der Waals surface area (Å²) < 4.78 is 0. The first-order valence-corrected chi connectivity index (χ1v) is 5.94. The number of hydrogen-bond donors (Lipinski definition) is 2. The van der Waals surface area contributed by atoms with Crippen molar-refractivity contribution in [3.8, 4) is 0 Å². The van der Waals surface area contributed by atoms with E-state index in [2.05, 4.69) is 46.6 Å². The number of H-pyrrole nitrogens is 1. The van der Waals surface area contributed by atoms with Gasteiger partial charge in [-0.3, -0.25) is 0 Å². The van der Waals surface area contributed by atoms with Gasteiger partial charge in [0.2, 0.25) is 0 Å². The van der Waals surface area contributed by atoms with Gasteiger partial charge in [0, 0.05) is 23.3 Å². The molecule has 15 heavy (non-hydrogen) atoms. The zero-order valence-corrected chi connectivity index (χ0v) is 9.71. The van der Waals surface area contributed by atoms with E-state index in [1.807, 2.05) is 6.20 Å². The summed E-state index contributed by atoms with van der Waals surface area (Å²) in [6.45, 7) is 4.29. The van der Waals surface area contributed by atoms with Crippen molar-refractivity contribution in [2.45, 2.75) is 25.9 Å². The topological polar surface area (TPSA) is 40.7 Å². The van der Waals surface area contributed by atoms with Gasteiger partial charge < -0.3 is 10.3 Å². The molecule has 2 aromatic rings. The maximum atomic E-state index is 4.24. The summed E-state index contributed by atoms with van der Waals surface area (Å²) >= 11 is 1.78. The molecule has 3 nitrogen and oxygen atoms in total. The molecule has 0 aliphatic carbocycles. The van der Waals surface area contributed by atoms with Crippen LogP contribution in [0.5, 0.6) is 0 Å². The Labute approximate surface area is 93.6 Å². The van der Waals surface area contributed by atoms with Crippen LogP contribution in [0.1, 0.15) is 36.6 Å². The number of nitrogens with one attached hydrogen (secondary N) is 2. The van der Waals surface area contributed by atoms with Gasteiger partial charge in [0.05, 0.1) is 6.04 Å². The highest BCUT2D eigenvalue weighted by atomic mass is 32.1. The van der Waals surface area contributed by atoms with Crippen LogP contribution < -0.4 is 5.32 Å². The zero-order valence-electron chi connectivity index (χ0n) is 8.90. The Morgan fingerprint density at radius 1 is 1.40 bits per heavy atom. The molecule has 0 aliphatic rings. The molecule has 4 heteroatoms. The number of thiophene rings is 1. The van der Waals surface area contributed by atoms with Crippen molar-refractivity contribution in [2.75, 3.05) is 0 Å². The Bertz CT molecular complexity index is 342. The first-order chi connectivity index (χ1) is 7.27. The molecule has 0 bridgehead atoms. The number of rotatable bonds is 4. The first kappa shape index (κ1) is 10.4. The number of aromatic amines is 1. The lowest BCUT2D eigenvalue weighted by Crippen LogP contribution is -2.22. The second-order valence-corrected chi connectivity index (χ2v) is 4.58. The molecule has 2 aromatic heterocycles. The minimum absolute atomic E-state index is 0.247. The molecule has 0 saturated carbocycles. The number of nitrogens with zero attached hydrogens (tertiary/aromatic N) is 1. The molecule has 0 aromatic carbocycles. The van der Waals surface area contributed by atoms with Crippen LogP contribution in [0.2, 0.25) is 0 Å². The van der Waals surface area contributed by atoms with Crippen molar-refractivity contribution in [3.05, 3.63) is 40.6 Å². The van der Waals surface area contributed by atoms with Crippen LogP contribution in [-0.2, 0) is 0 Å². The fourth-order valence-corrected chi connectivity index (χ4v) is 2.33. The molecule has 0 radical (unpaired) electrons. The molecule has 0 saturated heterocycles. The van der Waals surface area contributed by atoms with Gasteiger partial charge in [0.1, 0.15) is 5.82 Å². The molecular weight excluding hydrogens is 206 g/mol. The van der Waals surface area contributed by atoms with Crippen LogP contribution in [0, 0.1) is 0 Å². The van der Waals surface area contributed by atoms with E-state index in [9.17, 15) is 0 Å². The number of aromatic nitrogens is 2. The van der Waals surface area contributed by atoms with Crippen molar-refractivity contribution in [1.82, 2.24) is 15.3 Å². The molecule has 0 fully saturated rings. The SMILES string of the molecule is CC(NC(C)c1cccs1)c1ncc[nH]1. The molecular formula is C11H15N3S. The van der Waals surface area contributed by atoms with E-state index in [1.54, 1.807) is 17.5 Å². The van der Waals surface area contributed by atoms with Gasteiger partial charge >= 0.3 is 0 Å². The lowest BCUT2D eigenvalue weighted by atomic mass is 10.2. The second kappa shape index (κ2) is 4.59. The van der Waals surface area contributed by atoms with Gasteiger partial charge in [-0.25, -0.2) is 4.98 Å². The van der Waals surface area contributed by atoms with E-state index < -0.39 is 0 Å². The van der Waals surface area contributed by atoms with Gasteiger partial charge in [0.25, 0.3) is 0 Å². The third-order valence-corrected chi connectivity index (χ3v) is 3.45. The average molecular weight is 221 g/mol. The van der Waals surface area contributed by atoms with E-state index in [0.717, 1.165) is 5.82 Å². The fourth-order valence-electron chi connectivity index (χ4n) is 1.59. The zero-order chi connectivity index (χ0) is 10.7. The van der Waals surface area contributed by atoms with Gasteiger partial charge in [0.15, 0.2) is 0 Å². The molecule has 2 rings (SSSR count). The smallest absolute Gasteiger partial charge is 0.122 e. The Morgan fingerprint density at radius 3 is 2.87 bits per heavy atom. The average Bonchev–Trinajstić information content (AvgIpc) is 2.91. The summed E-state index contributed by atoms with van der Waals surface area (Å²) in [5, 5.41) is 5.60. The molecule has 0 amide bonds. The minimum atomic E-state index is 0.247. The number of imidazole rings is 1. The van der Waals surface area contributed by atoms with Crippen molar-refractivity contribution in [1.29, 1.82) is 0 Å². The maximum Gasteiger partial charge on any atom is 0.122 e. The predicted molar refractivity (Wildman–Crippen MR) is 62.9 cm³/mol. The third-order valence-electron chi connectivity index (χ3n) is 2.40. The van der Waals surface area contributed by atoms with Gasteiger partial charge in [-0.2, -0.15) is 0 Å². The predicted octanol–water partition coefficient (Wildman–Crippen LogP) is 2.88. The van der Waals surface area contributed by atoms with Crippen LogP contribution in [0.25, 0.3) is 0 Å². The molecule has 2 N–H and O–H groups in total. The molecule has 2 heterocycles. The first-order valence-electron chi connectivity index (χ1n) is 5.06. The second-order valence-electron chi connectivity index (χ2n) is 3.60. The quantitative estimate of drug-likeness (QED) is 0.833. The fraction of sp³-hybridized carbons (Fsp3) is 0.364. The molecule has 0 spiro atoms. The highest BCUT2D eigenvalue weighted by Gasteiger charge is 2.12. The van der Waals surface area contributed by atoms with E-state index in [0.29, 0.717) is 6.04 Å². The van der Waals surface area contributed by atoms with Crippen molar-refractivity contribution >= 4 is 11.3 Å². The minimum Gasteiger partial charge on any atom is -0.347 e.